The van der Waals surface area contributed by atoms with Crippen LogP contribution in [0.25, 0.3) is 6.08 Å². The standard InChI is InChI=1S/C17H23NO4/c1-5-18(6-2)15(17(20)22-7-3)12-13-8-10-14(11-9-13)16(19)21-4/h8-12H,5-7H2,1-4H3. The van der Waals surface area contributed by atoms with Gasteiger partial charge >= 0.3 is 11.9 Å². The van der Waals surface area contributed by atoms with Crippen molar-refractivity contribution in [1.82, 2.24) is 4.90 Å². The molecule has 1 aromatic carbocycles. The minimum Gasteiger partial charge on any atom is -0.465 e. The lowest BCUT2D eigenvalue weighted by molar-refractivity contribution is -0.140. The molecule has 0 saturated heterocycles. The second-order valence-corrected chi connectivity index (χ2v) is 4.54. The maximum Gasteiger partial charge on any atom is 0.354 e. The Morgan fingerprint density at radius 1 is 1.09 bits per heavy atom. The number of likely N-dealkylation sites (N-methyl/N-ethyl adjacent to an activating group) is 1. The molecule has 0 aromatic heterocycles. The fourth-order valence-corrected chi connectivity index (χ4v) is 2.04. The summed E-state index contributed by atoms with van der Waals surface area (Å²) in [5.41, 5.74) is 1.81. The maximum atomic E-state index is 12.1. The van der Waals surface area contributed by atoms with E-state index in [2.05, 4.69) is 4.74 Å². The lowest BCUT2D eigenvalue weighted by Gasteiger charge is -2.23. The summed E-state index contributed by atoms with van der Waals surface area (Å²) in [5.74, 6) is -0.729. The molecule has 0 N–H and O–H groups in total. The third kappa shape index (κ3) is 4.62. The zero-order valence-electron chi connectivity index (χ0n) is 13.6. The van der Waals surface area contributed by atoms with Crippen molar-refractivity contribution in [2.24, 2.45) is 0 Å². The lowest BCUT2D eigenvalue weighted by Crippen LogP contribution is -2.28. The molecule has 0 spiro atoms. The number of rotatable bonds is 7. The first-order valence-electron chi connectivity index (χ1n) is 7.39. The molecular weight excluding hydrogens is 282 g/mol. The Bertz CT molecular complexity index is 530. The molecule has 0 unspecified atom stereocenters. The molecule has 0 saturated carbocycles. The van der Waals surface area contributed by atoms with Crippen LogP contribution in [-0.2, 0) is 14.3 Å². The highest BCUT2D eigenvalue weighted by Crippen LogP contribution is 2.14. The van der Waals surface area contributed by atoms with Crippen LogP contribution >= 0.6 is 0 Å². The summed E-state index contributed by atoms with van der Waals surface area (Å²) in [7, 11) is 1.34. The first-order valence-corrected chi connectivity index (χ1v) is 7.39. The third-order valence-electron chi connectivity index (χ3n) is 3.22. The summed E-state index contributed by atoms with van der Waals surface area (Å²) in [6.45, 7) is 7.50. The highest BCUT2D eigenvalue weighted by atomic mass is 16.5. The molecule has 22 heavy (non-hydrogen) atoms. The molecule has 0 aliphatic carbocycles. The van der Waals surface area contributed by atoms with E-state index < -0.39 is 0 Å². The number of carbonyl (C=O) groups is 2. The van der Waals surface area contributed by atoms with Gasteiger partial charge in [-0.15, -0.1) is 0 Å². The summed E-state index contributed by atoms with van der Waals surface area (Å²) in [5, 5.41) is 0. The van der Waals surface area contributed by atoms with E-state index in [9.17, 15) is 9.59 Å². The third-order valence-corrected chi connectivity index (χ3v) is 3.22. The molecule has 0 aliphatic heterocycles. The van der Waals surface area contributed by atoms with Crippen LogP contribution in [0.5, 0.6) is 0 Å². The zero-order chi connectivity index (χ0) is 16.5. The number of carbonyl (C=O) groups excluding carboxylic acids is 2. The van der Waals surface area contributed by atoms with Crippen LogP contribution in [-0.4, -0.2) is 43.6 Å². The van der Waals surface area contributed by atoms with E-state index >= 15 is 0 Å². The Kier molecular flexibility index (Phi) is 7.16. The van der Waals surface area contributed by atoms with Gasteiger partial charge in [-0.05, 0) is 44.5 Å². The normalized spacial score (nSPS) is 11.0. The van der Waals surface area contributed by atoms with Crippen molar-refractivity contribution >= 4 is 18.0 Å². The Morgan fingerprint density at radius 2 is 1.68 bits per heavy atom. The quantitative estimate of drug-likeness (QED) is 0.572. The van der Waals surface area contributed by atoms with Crippen LogP contribution < -0.4 is 0 Å². The van der Waals surface area contributed by atoms with E-state index in [1.165, 1.54) is 7.11 Å². The van der Waals surface area contributed by atoms with Crippen molar-refractivity contribution in [3.05, 3.63) is 41.1 Å². The van der Waals surface area contributed by atoms with Gasteiger partial charge in [0, 0.05) is 13.1 Å². The molecule has 0 heterocycles. The van der Waals surface area contributed by atoms with Gasteiger partial charge in [-0.3, -0.25) is 0 Å². The van der Waals surface area contributed by atoms with Gasteiger partial charge in [0.15, 0.2) is 0 Å². The minimum absolute atomic E-state index is 0.332. The van der Waals surface area contributed by atoms with E-state index in [0.29, 0.717) is 31.0 Å². The van der Waals surface area contributed by atoms with Gasteiger partial charge in [0.05, 0.1) is 19.3 Å². The lowest BCUT2D eigenvalue weighted by atomic mass is 10.1. The molecule has 1 rings (SSSR count). The SMILES string of the molecule is CCOC(=O)C(=Cc1ccc(C(=O)OC)cc1)N(CC)CC. The Morgan fingerprint density at radius 3 is 2.14 bits per heavy atom. The second kappa shape index (κ2) is 8.87. The molecule has 0 amide bonds. The largest absolute Gasteiger partial charge is 0.465 e. The monoisotopic (exact) mass is 305 g/mol. The van der Waals surface area contributed by atoms with Gasteiger partial charge in [-0.1, -0.05) is 12.1 Å². The summed E-state index contributed by atoms with van der Waals surface area (Å²) < 4.78 is 9.78. The van der Waals surface area contributed by atoms with Crippen molar-refractivity contribution < 1.29 is 19.1 Å². The van der Waals surface area contributed by atoms with Gasteiger partial charge in [0.25, 0.3) is 0 Å². The number of ether oxygens (including phenoxy) is 2. The van der Waals surface area contributed by atoms with E-state index in [1.807, 2.05) is 18.7 Å². The average molecular weight is 305 g/mol. The molecule has 0 aliphatic rings. The van der Waals surface area contributed by atoms with Crippen LogP contribution in [0.4, 0.5) is 0 Å². The molecule has 0 atom stereocenters. The average Bonchev–Trinajstić information content (AvgIpc) is 2.55. The van der Waals surface area contributed by atoms with Crippen molar-refractivity contribution in [3.63, 3.8) is 0 Å². The number of benzene rings is 1. The summed E-state index contributed by atoms with van der Waals surface area (Å²) in [6, 6.07) is 6.88. The van der Waals surface area contributed by atoms with Gasteiger partial charge in [0.1, 0.15) is 5.70 Å². The first-order chi connectivity index (χ1) is 10.6. The molecular formula is C17H23NO4. The molecule has 0 bridgehead atoms. The Balaban J connectivity index is 3.10. The van der Waals surface area contributed by atoms with Gasteiger partial charge < -0.3 is 14.4 Å². The van der Waals surface area contributed by atoms with Crippen molar-refractivity contribution in [2.45, 2.75) is 20.8 Å². The predicted molar refractivity (Wildman–Crippen MR) is 85.3 cm³/mol. The highest BCUT2D eigenvalue weighted by Gasteiger charge is 2.16. The topological polar surface area (TPSA) is 55.8 Å². The van der Waals surface area contributed by atoms with E-state index in [-0.39, 0.29) is 11.9 Å². The predicted octanol–water partition coefficient (Wildman–Crippen LogP) is 2.72. The van der Waals surface area contributed by atoms with Gasteiger partial charge in [-0.2, -0.15) is 0 Å². The molecule has 0 radical (unpaired) electrons. The highest BCUT2D eigenvalue weighted by molar-refractivity contribution is 5.93. The van der Waals surface area contributed by atoms with Crippen LogP contribution in [0.1, 0.15) is 36.7 Å². The summed E-state index contributed by atoms with van der Waals surface area (Å²) >= 11 is 0. The van der Waals surface area contributed by atoms with E-state index in [1.54, 1.807) is 37.3 Å². The fraction of sp³-hybridized carbons (Fsp3) is 0.412. The van der Waals surface area contributed by atoms with E-state index in [0.717, 1.165) is 5.56 Å². The smallest absolute Gasteiger partial charge is 0.354 e. The van der Waals surface area contributed by atoms with Crippen LogP contribution in [0.3, 0.4) is 0 Å². The Hall–Kier alpha value is -2.30. The molecule has 120 valence electrons. The van der Waals surface area contributed by atoms with Gasteiger partial charge in [0.2, 0.25) is 0 Å². The summed E-state index contributed by atoms with van der Waals surface area (Å²) in [6.07, 6.45) is 1.77. The van der Waals surface area contributed by atoms with Crippen molar-refractivity contribution in [1.29, 1.82) is 0 Å². The van der Waals surface area contributed by atoms with Crippen molar-refractivity contribution in [3.8, 4) is 0 Å². The molecule has 5 nitrogen and oxygen atoms in total. The summed E-state index contributed by atoms with van der Waals surface area (Å²) in [4.78, 5) is 25.5. The molecule has 5 heteroatoms. The van der Waals surface area contributed by atoms with Crippen molar-refractivity contribution in [2.75, 3.05) is 26.8 Å². The Labute approximate surface area is 131 Å². The second-order valence-electron chi connectivity index (χ2n) is 4.54. The molecule has 1 aromatic rings. The number of hydrogen-bond acceptors (Lipinski definition) is 5. The number of esters is 2. The van der Waals surface area contributed by atoms with E-state index in [4.69, 9.17) is 4.74 Å². The maximum absolute atomic E-state index is 12.1. The van der Waals surface area contributed by atoms with Gasteiger partial charge in [-0.25, -0.2) is 9.59 Å². The molecule has 0 fully saturated rings. The van der Waals surface area contributed by atoms with Crippen LogP contribution in [0, 0.1) is 0 Å². The van der Waals surface area contributed by atoms with Crippen LogP contribution in [0.2, 0.25) is 0 Å². The van der Waals surface area contributed by atoms with Crippen LogP contribution in [0.15, 0.2) is 30.0 Å². The number of hydrogen-bond donors (Lipinski definition) is 0. The zero-order valence-corrected chi connectivity index (χ0v) is 13.6. The minimum atomic E-state index is -0.384. The number of methoxy groups -OCH3 is 1. The fourth-order valence-electron chi connectivity index (χ4n) is 2.04. The first kappa shape index (κ1) is 17.8. The number of nitrogens with zero attached hydrogens (tertiary/aromatic N) is 1.